The van der Waals surface area contributed by atoms with Gasteiger partial charge in [0.05, 0.1) is 11.4 Å². The fraction of sp³-hybridized carbons (Fsp3) is 0.300. The normalized spacial score (nSPS) is 16.2. The fourth-order valence-electron chi connectivity index (χ4n) is 3.83. The second kappa shape index (κ2) is 7.49. The molecule has 152 valence electrons. The van der Waals surface area contributed by atoms with Gasteiger partial charge in [-0.3, -0.25) is 9.59 Å². The van der Waals surface area contributed by atoms with Crippen molar-refractivity contribution >= 4 is 38.9 Å². The van der Waals surface area contributed by atoms with E-state index in [2.05, 4.69) is 5.32 Å². The minimum absolute atomic E-state index is 0.0795. The van der Waals surface area contributed by atoms with E-state index in [0.29, 0.717) is 31.6 Å². The molecule has 2 heterocycles. The summed E-state index contributed by atoms with van der Waals surface area (Å²) >= 11 is 0. The van der Waals surface area contributed by atoms with Crippen LogP contribution in [0, 0.1) is 0 Å². The van der Waals surface area contributed by atoms with Crippen molar-refractivity contribution < 1.29 is 18.0 Å². The van der Waals surface area contributed by atoms with E-state index in [1.807, 2.05) is 17.0 Å². The van der Waals surface area contributed by atoms with Crippen molar-refractivity contribution in [3.63, 3.8) is 0 Å². The predicted octanol–water partition coefficient (Wildman–Crippen LogP) is 1.46. The predicted molar refractivity (Wildman–Crippen MR) is 110 cm³/mol. The zero-order chi connectivity index (χ0) is 20.6. The topological polar surface area (TPSA) is 113 Å². The summed E-state index contributed by atoms with van der Waals surface area (Å²) in [5.74, 6) is -0.0840. The zero-order valence-electron chi connectivity index (χ0n) is 15.8. The second-order valence-corrected chi connectivity index (χ2v) is 8.82. The Labute approximate surface area is 169 Å². The van der Waals surface area contributed by atoms with Gasteiger partial charge in [-0.2, -0.15) is 0 Å². The molecule has 1 saturated heterocycles. The number of amides is 2. The van der Waals surface area contributed by atoms with Crippen molar-refractivity contribution in [1.29, 1.82) is 0 Å². The van der Waals surface area contributed by atoms with Gasteiger partial charge in [0.15, 0.2) is 0 Å². The summed E-state index contributed by atoms with van der Waals surface area (Å²) in [6.07, 6.45) is 2.05. The summed E-state index contributed by atoms with van der Waals surface area (Å²) in [5, 5.41) is 8.07. The van der Waals surface area contributed by atoms with Crippen molar-refractivity contribution in [1.82, 2.24) is 0 Å². The summed E-state index contributed by atoms with van der Waals surface area (Å²) in [6.45, 7) is 1.47. The SMILES string of the molecule is NS(=O)(=O)c1ccc2c(c1)CCN2CC(=O)Nc1cccc(N2CCCC2=O)c1. The average Bonchev–Trinajstić information content (AvgIpc) is 3.27. The van der Waals surface area contributed by atoms with Crippen LogP contribution in [0.1, 0.15) is 18.4 Å². The van der Waals surface area contributed by atoms with Crippen molar-refractivity contribution in [2.45, 2.75) is 24.2 Å². The van der Waals surface area contributed by atoms with Crippen LogP contribution in [0.15, 0.2) is 47.4 Å². The summed E-state index contributed by atoms with van der Waals surface area (Å²) < 4.78 is 23.0. The molecule has 8 nitrogen and oxygen atoms in total. The van der Waals surface area contributed by atoms with E-state index in [9.17, 15) is 18.0 Å². The number of anilines is 3. The highest BCUT2D eigenvalue weighted by atomic mass is 32.2. The lowest BCUT2D eigenvalue weighted by atomic mass is 10.2. The quantitative estimate of drug-likeness (QED) is 0.769. The molecule has 0 saturated carbocycles. The molecule has 0 aliphatic carbocycles. The molecular weight excluding hydrogens is 392 g/mol. The minimum Gasteiger partial charge on any atom is -0.362 e. The molecule has 0 bridgehead atoms. The zero-order valence-corrected chi connectivity index (χ0v) is 16.6. The van der Waals surface area contributed by atoms with Gasteiger partial charge in [-0.25, -0.2) is 13.6 Å². The van der Waals surface area contributed by atoms with Crippen molar-refractivity contribution in [3.8, 4) is 0 Å². The molecule has 0 spiro atoms. The molecule has 2 amide bonds. The van der Waals surface area contributed by atoms with E-state index >= 15 is 0 Å². The van der Waals surface area contributed by atoms with Crippen LogP contribution >= 0.6 is 0 Å². The Morgan fingerprint density at radius 3 is 2.66 bits per heavy atom. The lowest BCUT2D eigenvalue weighted by Gasteiger charge is -2.20. The van der Waals surface area contributed by atoms with Crippen molar-refractivity contribution in [2.75, 3.05) is 34.8 Å². The van der Waals surface area contributed by atoms with E-state index in [-0.39, 0.29) is 23.3 Å². The number of hydrogen-bond donors (Lipinski definition) is 2. The van der Waals surface area contributed by atoms with Crippen LogP contribution < -0.4 is 20.3 Å². The van der Waals surface area contributed by atoms with Gasteiger partial charge < -0.3 is 15.1 Å². The lowest BCUT2D eigenvalue weighted by Crippen LogP contribution is -2.32. The molecule has 1 fully saturated rings. The van der Waals surface area contributed by atoms with Crippen LogP contribution in [-0.4, -0.2) is 39.9 Å². The van der Waals surface area contributed by atoms with Crippen LogP contribution in [0.4, 0.5) is 17.1 Å². The van der Waals surface area contributed by atoms with Gasteiger partial charge >= 0.3 is 0 Å². The van der Waals surface area contributed by atoms with Crippen LogP contribution in [0.25, 0.3) is 0 Å². The number of rotatable bonds is 5. The average molecular weight is 414 g/mol. The summed E-state index contributed by atoms with van der Waals surface area (Å²) in [7, 11) is -3.75. The van der Waals surface area contributed by atoms with Crippen LogP contribution in [0.3, 0.4) is 0 Å². The van der Waals surface area contributed by atoms with Crippen LogP contribution in [-0.2, 0) is 26.0 Å². The third-order valence-electron chi connectivity index (χ3n) is 5.22. The van der Waals surface area contributed by atoms with Crippen molar-refractivity contribution in [3.05, 3.63) is 48.0 Å². The number of primary sulfonamides is 1. The highest BCUT2D eigenvalue weighted by Crippen LogP contribution is 2.30. The van der Waals surface area contributed by atoms with E-state index in [4.69, 9.17) is 5.14 Å². The maximum atomic E-state index is 12.6. The molecule has 2 aromatic carbocycles. The van der Waals surface area contributed by atoms with Gasteiger partial charge in [-0.05, 0) is 54.8 Å². The van der Waals surface area contributed by atoms with E-state index in [1.165, 1.54) is 6.07 Å². The first kappa shape index (κ1) is 19.4. The third-order valence-corrected chi connectivity index (χ3v) is 6.13. The number of nitrogens with one attached hydrogen (secondary N) is 1. The van der Waals surface area contributed by atoms with Gasteiger partial charge in [-0.1, -0.05) is 6.07 Å². The molecule has 29 heavy (non-hydrogen) atoms. The monoisotopic (exact) mass is 414 g/mol. The molecule has 0 aromatic heterocycles. The van der Waals surface area contributed by atoms with Gasteiger partial charge in [0.2, 0.25) is 21.8 Å². The first-order valence-electron chi connectivity index (χ1n) is 9.42. The molecule has 2 aromatic rings. The second-order valence-electron chi connectivity index (χ2n) is 7.25. The summed E-state index contributed by atoms with van der Waals surface area (Å²) in [5.41, 5.74) is 3.12. The number of benzene rings is 2. The van der Waals surface area contributed by atoms with E-state index in [0.717, 1.165) is 23.4 Å². The molecule has 0 unspecified atom stereocenters. The Kier molecular flexibility index (Phi) is 5.01. The molecule has 2 aliphatic rings. The molecule has 9 heteroatoms. The smallest absolute Gasteiger partial charge is 0.243 e. The third kappa shape index (κ3) is 4.10. The Bertz CT molecular complexity index is 1080. The summed E-state index contributed by atoms with van der Waals surface area (Å²) in [6, 6.07) is 12.0. The van der Waals surface area contributed by atoms with Gasteiger partial charge in [0.25, 0.3) is 0 Å². The van der Waals surface area contributed by atoms with Crippen molar-refractivity contribution in [2.24, 2.45) is 5.14 Å². The fourth-order valence-corrected chi connectivity index (χ4v) is 4.40. The Morgan fingerprint density at radius 1 is 1.10 bits per heavy atom. The lowest BCUT2D eigenvalue weighted by molar-refractivity contribution is -0.117. The summed E-state index contributed by atoms with van der Waals surface area (Å²) in [4.78, 5) is 28.2. The number of fused-ring (bicyclic) bond motifs is 1. The first-order valence-corrected chi connectivity index (χ1v) is 11.0. The van der Waals surface area contributed by atoms with E-state index < -0.39 is 10.0 Å². The maximum absolute atomic E-state index is 12.6. The number of hydrogen-bond acceptors (Lipinski definition) is 5. The number of sulfonamides is 1. The van der Waals surface area contributed by atoms with Crippen LogP contribution in [0.5, 0.6) is 0 Å². The Hall–Kier alpha value is -2.91. The van der Waals surface area contributed by atoms with E-state index in [1.54, 1.807) is 29.2 Å². The molecule has 3 N–H and O–H groups in total. The largest absolute Gasteiger partial charge is 0.362 e. The number of carbonyl (C=O) groups excluding carboxylic acids is 2. The van der Waals surface area contributed by atoms with Gasteiger partial charge in [0.1, 0.15) is 0 Å². The van der Waals surface area contributed by atoms with Crippen LogP contribution in [0.2, 0.25) is 0 Å². The minimum atomic E-state index is -3.75. The molecule has 0 atom stereocenters. The number of nitrogens with zero attached hydrogens (tertiary/aromatic N) is 2. The molecule has 2 aliphatic heterocycles. The Morgan fingerprint density at radius 2 is 1.93 bits per heavy atom. The van der Waals surface area contributed by atoms with Gasteiger partial charge in [-0.15, -0.1) is 0 Å². The highest BCUT2D eigenvalue weighted by molar-refractivity contribution is 7.89. The standard InChI is InChI=1S/C20H22N4O4S/c21-29(27,28)17-6-7-18-14(11-17)8-10-23(18)13-19(25)22-15-3-1-4-16(12-15)24-9-2-5-20(24)26/h1,3-4,6-7,11-12H,2,5,8-10,13H2,(H,22,25)(H2,21,27,28). The highest BCUT2D eigenvalue weighted by Gasteiger charge is 2.24. The molecule has 0 radical (unpaired) electrons. The Balaban J connectivity index is 1.43. The molecule has 4 rings (SSSR count). The number of carbonyl (C=O) groups is 2. The van der Waals surface area contributed by atoms with Gasteiger partial charge in [0, 0.05) is 36.6 Å². The number of nitrogens with two attached hydrogens (primary N) is 1. The maximum Gasteiger partial charge on any atom is 0.243 e. The molecular formula is C20H22N4O4S. The first-order chi connectivity index (χ1) is 13.8.